The van der Waals surface area contributed by atoms with Crippen LogP contribution in [0.4, 0.5) is 4.39 Å². The predicted octanol–water partition coefficient (Wildman–Crippen LogP) is 1.23. The molecule has 0 aromatic heterocycles. The van der Waals surface area contributed by atoms with Crippen molar-refractivity contribution in [2.24, 2.45) is 0 Å². The zero-order chi connectivity index (χ0) is 12.7. The Balaban J connectivity index is 2.46. The molecule has 1 aromatic carbocycles. The molecule has 0 fully saturated rings. The topological polar surface area (TPSA) is 41.1 Å². The molecular weight excluding hydrogens is 219 g/mol. The van der Waals surface area contributed by atoms with Crippen LogP contribution in [0.1, 0.15) is 18.5 Å². The van der Waals surface area contributed by atoms with Crippen LogP contribution in [0.3, 0.4) is 0 Å². The molecule has 1 aromatic rings. The van der Waals surface area contributed by atoms with Crippen LogP contribution in [0.25, 0.3) is 0 Å². The minimum Gasteiger partial charge on any atom is -0.348 e. The van der Waals surface area contributed by atoms with E-state index in [2.05, 4.69) is 16.6 Å². The van der Waals surface area contributed by atoms with E-state index in [1.54, 1.807) is 19.1 Å². The lowest BCUT2D eigenvalue weighted by atomic mass is 10.1. The molecule has 0 unspecified atom stereocenters. The van der Waals surface area contributed by atoms with Gasteiger partial charge in [-0.1, -0.05) is 18.1 Å². The molecule has 17 heavy (non-hydrogen) atoms. The molecule has 0 aliphatic heterocycles. The third-order valence-corrected chi connectivity index (χ3v) is 2.24. The summed E-state index contributed by atoms with van der Waals surface area (Å²) in [5.41, 5.74) is 0.732. The van der Waals surface area contributed by atoms with E-state index in [0.717, 1.165) is 5.56 Å². The second-order valence-corrected chi connectivity index (χ2v) is 3.65. The van der Waals surface area contributed by atoms with Gasteiger partial charge in [0, 0.05) is 0 Å². The molecule has 0 heterocycles. The Hall–Kier alpha value is -1.86. The average Bonchev–Trinajstić information content (AvgIpc) is 2.29. The fourth-order valence-corrected chi connectivity index (χ4v) is 1.40. The first-order valence-corrected chi connectivity index (χ1v) is 5.32. The van der Waals surface area contributed by atoms with E-state index < -0.39 is 0 Å². The van der Waals surface area contributed by atoms with Crippen molar-refractivity contribution in [2.45, 2.75) is 13.0 Å². The molecule has 1 atom stereocenters. The average molecular weight is 234 g/mol. The van der Waals surface area contributed by atoms with E-state index >= 15 is 0 Å². The number of carbonyl (C=O) groups is 1. The fraction of sp³-hybridized carbons (Fsp3) is 0.308. The monoisotopic (exact) mass is 234 g/mol. The molecule has 0 aliphatic rings. The quantitative estimate of drug-likeness (QED) is 0.594. The van der Waals surface area contributed by atoms with Crippen molar-refractivity contribution in [2.75, 3.05) is 13.1 Å². The van der Waals surface area contributed by atoms with Crippen LogP contribution >= 0.6 is 0 Å². The number of carbonyl (C=O) groups excluding carboxylic acids is 1. The highest BCUT2D eigenvalue weighted by Gasteiger charge is 2.09. The predicted molar refractivity (Wildman–Crippen MR) is 64.7 cm³/mol. The summed E-state index contributed by atoms with van der Waals surface area (Å²) in [4.78, 5) is 11.5. The van der Waals surface area contributed by atoms with Gasteiger partial charge in [0.25, 0.3) is 0 Å². The van der Waals surface area contributed by atoms with Gasteiger partial charge in [-0.05, 0) is 24.6 Å². The van der Waals surface area contributed by atoms with Crippen LogP contribution in [-0.2, 0) is 4.79 Å². The van der Waals surface area contributed by atoms with Crippen molar-refractivity contribution in [1.82, 2.24) is 10.6 Å². The molecule has 0 bridgehead atoms. The molecule has 90 valence electrons. The van der Waals surface area contributed by atoms with E-state index in [0.29, 0.717) is 6.54 Å². The third-order valence-electron chi connectivity index (χ3n) is 2.24. The van der Waals surface area contributed by atoms with Gasteiger partial charge < -0.3 is 5.32 Å². The van der Waals surface area contributed by atoms with Gasteiger partial charge >= 0.3 is 0 Å². The smallest absolute Gasteiger partial charge is 0.234 e. The minimum atomic E-state index is -0.311. The summed E-state index contributed by atoms with van der Waals surface area (Å²) in [6.07, 6.45) is 5.04. The van der Waals surface area contributed by atoms with Crippen molar-refractivity contribution >= 4 is 5.91 Å². The van der Waals surface area contributed by atoms with Gasteiger partial charge in [-0.15, -0.1) is 6.42 Å². The first-order valence-electron chi connectivity index (χ1n) is 5.32. The van der Waals surface area contributed by atoms with Gasteiger partial charge in [0.05, 0.1) is 19.1 Å². The lowest BCUT2D eigenvalue weighted by molar-refractivity contribution is -0.120. The first-order chi connectivity index (χ1) is 8.13. The summed E-state index contributed by atoms with van der Waals surface area (Å²) in [6, 6.07) is 5.92. The van der Waals surface area contributed by atoms with E-state index in [1.807, 2.05) is 0 Å². The van der Waals surface area contributed by atoms with Crippen molar-refractivity contribution in [3.8, 4) is 12.3 Å². The molecule has 1 amide bonds. The third kappa shape index (κ3) is 4.66. The first kappa shape index (κ1) is 13.2. The molecule has 0 saturated carbocycles. The minimum absolute atomic E-state index is 0.157. The summed E-state index contributed by atoms with van der Waals surface area (Å²) < 4.78 is 13.0. The second-order valence-electron chi connectivity index (χ2n) is 3.65. The van der Waals surface area contributed by atoms with Gasteiger partial charge in [0.1, 0.15) is 5.82 Å². The molecule has 2 N–H and O–H groups in total. The van der Waals surface area contributed by atoms with Crippen molar-refractivity contribution < 1.29 is 9.18 Å². The van der Waals surface area contributed by atoms with Crippen LogP contribution in [-0.4, -0.2) is 19.0 Å². The highest BCUT2D eigenvalue weighted by atomic mass is 19.1. The SMILES string of the molecule is C#CCNCC(=O)N[C@@H](C)c1cccc(F)c1. The number of hydrogen-bond donors (Lipinski definition) is 2. The Morgan fingerprint density at radius 2 is 2.35 bits per heavy atom. The summed E-state index contributed by atoms with van der Waals surface area (Å²) >= 11 is 0. The van der Waals surface area contributed by atoms with Crippen molar-refractivity contribution in [3.05, 3.63) is 35.6 Å². The molecule has 0 saturated heterocycles. The standard InChI is InChI=1S/C13H15FN2O/c1-3-7-15-9-13(17)16-10(2)11-5-4-6-12(14)8-11/h1,4-6,8,10,15H,7,9H2,2H3,(H,16,17)/t10-/m0/s1. The Labute approximate surface area is 100 Å². The maximum Gasteiger partial charge on any atom is 0.234 e. The van der Waals surface area contributed by atoms with Crippen LogP contribution in [0, 0.1) is 18.2 Å². The number of nitrogens with one attached hydrogen (secondary N) is 2. The normalized spacial score (nSPS) is 11.6. The van der Waals surface area contributed by atoms with E-state index in [9.17, 15) is 9.18 Å². The molecule has 0 spiro atoms. The molecule has 4 heteroatoms. The molecular formula is C13H15FN2O. The van der Waals surface area contributed by atoms with E-state index in [1.165, 1.54) is 12.1 Å². The van der Waals surface area contributed by atoms with Crippen LogP contribution in [0.2, 0.25) is 0 Å². The number of amides is 1. The number of benzene rings is 1. The van der Waals surface area contributed by atoms with Gasteiger partial charge in [0.15, 0.2) is 0 Å². The Morgan fingerprint density at radius 1 is 1.59 bits per heavy atom. The fourth-order valence-electron chi connectivity index (χ4n) is 1.40. The Bertz CT molecular complexity index is 426. The molecule has 1 rings (SSSR count). The van der Waals surface area contributed by atoms with Crippen molar-refractivity contribution in [3.63, 3.8) is 0 Å². The Morgan fingerprint density at radius 3 is 3.00 bits per heavy atom. The lowest BCUT2D eigenvalue weighted by Crippen LogP contribution is -2.35. The summed E-state index contributed by atoms with van der Waals surface area (Å²) in [7, 11) is 0. The maximum absolute atomic E-state index is 13.0. The molecule has 3 nitrogen and oxygen atoms in total. The summed E-state index contributed by atoms with van der Waals surface area (Å²) in [5, 5.41) is 5.53. The second kappa shape index (κ2) is 6.66. The summed E-state index contributed by atoms with van der Waals surface area (Å²) in [5.74, 6) is 1.89. The zero-order valence-corrected chi connectivity index (χ0v) is 9.66. The highest BCUT2D eigenvalue weighted by molar-refractivity contribution is 5.78. The number of hydrogen-bond acceptors (Lipinski definition) is 2. The number of halogens is 1. The van der Waals surface area contributed by atoms with Crippen LogP contribution < -0.4 is 10.6 Å². The lowest BCUT2D eigenvalue weighted by Gasteiger charge is -2.14. The van der Waals surface area contributed by atoms with Crippen molar-refractivity contribution in [1.29, 1.82) is 0 Å². The van der Waals surface area contributed by atoms with Gasteiger partial charge in [-0.3, -0.25) is 10.1 Å². The van der Waals surface area contributed by atoms with Gasteiger partial charge in [-0.25, -0.2) is 4.39 Å². The zero-order valence-electron chi connectivity index (χ0n) is 9.66. The number of rotatable bonds is 5. The van der Waals surface area contributed by atoms with E-state index in [-0.39, 0.29) is 24.3 Å². The number of terminal acetylenes is 1. The van der Waals surface area contributed by atoms with E-state index in [4.69, 9.17) is 6.42 Å². The summed E-state index contributed by atoms with van der Waals surface area (Å²) in [6.45, 7) is 2.31. The molecule has 0 aliphatic carbocycles. The Kier molecular flexibility index (Phi) is 5.18. The van der Waals surface area contributed by atoms with Crippen LogP contribution in [0.15, 0.2) is 24.3 Å². The highest BCUT2D eigenvalue weighted by Crippen LogP contribution is 2.12. The van der Waals surface area contributed by atoms with Crippen LogP contribution in [0.5, 0.6) is 0 Å². The maximum atomic E-state index is 13.0. The largest absolute Gasteiger partial charge is 0.348 e. The van der Waals surface area contributed by atoms with Gasteiger partial charge in [-0.2, -0.15) is 0 Å². The van der Waals surface area contributed by atoms with Gasteiger partial charge in [0.2, 0.25) is 5.91 Å². The molecule has 0 radical (unpaired) electrons.